The molecule has 1 aromatic carbocycles. The van der Waals surface area contributed by atoms with Gasteiger partial charge in [0.2, 0.25) is 0 Å². The number of anilines is 2. The molecule has 9 heteroatoms. The van der Waals surface area contributed by atoms with Gasteiger partial charge in [-0.25, -0.2) is 8.42 Å². The molecule has 0 saturated carbocycles. The highest BCUT2D eigenvalue weighted by Crippen LogP contribution is 2.25. The molecule has 6 nitrogen and oxygen atoms in total. The van der Waals surface area contributed by atoms with Gasteiger partial charge in [-0.2, -0.15) is 0 Å². The van der Waals surface area contributed by atoms with Gasteiger partial charge < -0.3 is 10.6 Å². The van der Waals surface area contributed by atoms with Crippen molar-refractivity contribution in [3.63, 3.8) is 0 Å². The van der Waals surface area contributed by atoms with Gasteiger partial charge in [0.15, 0.2) is 5.11 Å². The maximum Gasteiger partial charge on any atom is 0.267 e. The number of nitrogens with zero attached hydrogens (tertiary/aromatic N) is 1. The minimum absolute atomic E-state index is 0.0209. The molecule has 0 amide bonds. The smallest absolute Gasteiger partial charge is 0.267 e. The lowest BCUT2D eigenvalue weighted by atomic mass is 10.3. The zero-order valence-corrected chi connectivity index (χ0v) is 14.9. The highest BCUT2D eigenvalue weighted by atomic mass is 35.5. The van der Waals surface area contributed by atoms with Crippen LogP contribution in [0.1, 0.15) is 0 Å². The average Bonchev–Trinajstić information content (AvgIpc) is 2.53. The number of hydrogen-bond acceptors (Lipinski definition) is 5. The van der Waals surface area contributed by atoms with E-state index < -0.39 is 10.0 Å². The summed E-state index contributed by atoms with van der Waals surface area (Å²) in [7, 11) is -3.90. The number of halogens is 1. The van der Waals surface area contributed by atoms with Crippen LogP contribution in [0.4, 0.5) is 11.4 Å². The molecule has 0 unspecified atom stereocenters. The molecular weight excluding hydrogens is 368 g/mol. The van der Waals surface area contributed by atoms with Crippen LogP contribution in [0.3, 0.4) is 0 Å². The van der Waals surface area contributed by atoms with E-state index in [9.17, 15) is 8.42 Å². The van der Waals surface area contributed by atoms with Gasteiger partial charge >= 0.3 is 0 Å². The summed E-state index contributed by atoms with van der Waals surface area (Å²) >= 11 is 10.9. The van der Waals surface area contributed by atoms with Crippen LogP contribution in [-0.2, 0) is 10.0 Å². The summed E-state index contributed by atoms with van der Waals surface area (Å²) in [6.45, 7) is 3.87. The molecule has 0 aliphatic rings. The zero-order chi connectivity index (χ0) is 17.6. The van der Waals surface area contributed by atoms with Crippen LogP contribution < -0.4 is 15.4 Å². The van der Waals surface area contributed by atoms with Gasteiger partial charge in [-0.3, -0.25) is 9.71 Å². The second-order valence-corrected chi connectivity index (χ2v) is 7.11. The molecule has 0 aliphatic carbocycles. The molecule has 0 aliphatic heterocycles. The number of hydrogen-bond donors (Lipinski definition) is 3. The van der Waals surface area contributed by atoms with Crippen molar-refractivity contribution in [3.8, 4) is 0 Å². The summed E-state index contributed by atoms with van der Waals surface area (Å²) in [5.74, 6) is 0. The maximum absolute atomic E-state index is 12.5. The number of rotatable bonds is 6. The molecule has 0 bridgehead atoms. The largest absolute Gasteiger partial charge is 0.358 e. The zero-order valence-electron chi connectivity index (χ0n) is 12.5. The molecule has 1 heterocycles. The van der Waals surface area contributed by atoms with Crippen molar-refractivity contribution in [2.45, 2.75) is 4.90 Å². The second-order valence-electron chi connectivity index (χ2n) is 4.61. The predicted octanol–water partition coefficient (Wildman–Crippen LogP) is 2.82. The number of sulfonamides is 1. The summed E-state index contributed by atoms with van der Waals surface area (Å²) in [6.07, 6.45) is 4.29. The Labute approximate surface area is 151 Å². The van der Waals surface area contributed by atoms with Crippen molar-refractivity contribution in [2.75, 3.05) is 11.9 Å². The highest BCUT2D eigenvalue weighted by Gasteiger charge is 2.20. The third-order valence-electron chi connectivity index (χ3n) is 2.81. The molecule has 0 fully saturated rings. The fourth-order valence-electron chi connectivity index (χ4n) is 1.80. The van der Waals surface area contributed by atoms with Gasteiger partial charge in [-0.05, 0) is 36.5 Å². The summed E-state index contributed by atoms with van der Waals surface area (Å²) in [4.78, 5) is 3.84. The summed E-state index contributed by atoms with van der Waals surface area (Å²) in [6, 6.07) is 8.49. The second kappa shape index (κ2) is 8.09. The van der Waals surface area contributed by atoms with E-state index in [2.05, 4.69) is 26.9 Å². The fraction of sp³-hybridized carbons (Fsp3) is 0.0667. The third-order valence-corrected chi connectivity index (χ3v) is 4.80. The minimum Gasteiger partial charge on any atom is -0.358 e. The van der Waals surface area contributed by atoms with Crippen molar-refractivity contribution in [1.29, 1.82) is 0 Å². The highest BCUT2D eigenvalue weighted by molar-refractivity contribution is 7.92. The molecular formula is C15H15ClN4O2S2. The van der Waals surface area contributed by atoms with E-state index in [1.54, 1.807) is 36.4 Å². The van der Waals surface area contributed by atoms with E-state index in [1.165, 1.54) is 12.4 Å². The van der Waals surface area contributed by atoms with E-state index in [-0.39, 0.29) is 10.0 Å². The summed E-state index contributed by atoms with van der Waals surface area (Å²) in [5.41, 5.74) is 1.00. The Kier molecular flexibility index (Phi) is 6.13. The van der Waals surface area contributed by atoms with Crippen LogP contribution in [0.25, 0.3) is 0 Å². The first-order chi connectivity index (χ1) is 11.4. The minimum atomic E-state index is -3.90. The number of benzene rings is 1. The van der Waals surface area contributed by atoms with Gasteiger partial charge in [0.05, 0.1) is 5.69 Å². The van der Waals surface area contributed by atoms with Crippen LogP contribution in [0.2, 0.25) is 5.02 Å². The van der Waals surface area contributed by atoms with Gasteiger partial charge in [0, 0.05) is 29.6 Å². The average molecular weight is 383 g/mol. The Morgan fingerprint density at radius 1 is 1.38 bits per heavy atom. The molecule has 126 valence electrons. The number of aromatic nitrogens is 1. The fourth-order valence-corrected chi connectivity index (χ4v) is 3.43. The molecule has 0 atom stereocenters. The van der Waals surface area contributed by atoms with Crippen LogP contribution in [-0.4, -0.2) is 25.1 Å². The van der Waals surface area contributed by atoms with Crippen molar-refractivity contribution in [3.05, 3.63) is 60.4 Å². The van der Waals surface area contributed by atoms with Gasteiger partial charge in [0.25, 0.3) is 10.0 Å². The Hall–Kier alpha value is -2.16. The summed E-state index contributed by atoms with van der Waals surface area (Å²) in [5, 5.41) is 6.22. The van der Waals surface area contributed by atoms with E-state index >= 15 is 0 Å². The Morgan fingerprint density at radius 3 is 2.88 bits per heavy atom. The van der Waals surface area contributed by atoms with Crippen molar-refractivity contribution in [2.24, 2.45) is 0 Å². The predicted molar refractivity (Wildman–Crippen MR) is 100 cm³/mol. The van der Waals surface area contributed by atoms with E-state index in [0.717, 1.165) is 0 Å². The molecule has 0 spiro atoms. The lowest BCUT2D eigenvalue weighted by Gasteiger charge is -2.14. The molecule has 24 heavy (non-hydrogen) atoms. The monoisotopic (exact) mass is 382 g/mol. The topological polar surface area (TPSA) is 83.1 Å². The van der Waals surface area contributed by atoms with Crippen LogP contribution in [0.5, 0.6) is 0 Å². The Bertz CT molecular complexity index is 856. The lowest BCUT2D eigenvalue weighted by Crippen LogP contribution is -2.39. The molecule has 0 radical (unpaired) electrons. The standard InChI is InChI=1S/C15H15ClN4O2S2/c1-2-7-18-15(23)20-24(21,22)14-10-17-8-6-13(14)19-12-5-3-4-11(16)9-12/h2-6,8-10H,1,7H2,(H,17,19)(H2,18,20,23). The molecule has 1 aromatic heterocycles. The SMILES string of the molecule is C=CCNC(=S)NS(=O)(=O)c1cnccc1Nc1cccc(Cl)c1. The normalized spacial score (nSPS) is 10.7. The quantitative estimate of drug-likeness (QED) is 0.526. The van der Waals surface area contributed by atoms with Gasteiger partial charge in [0.1, 0.15) is 4.90 Å². The Morgan fingerprint density at radius 2 is 2.17 bits per heavy atom. The van der Waals surface area contributed by atoms with Crippen LogP contribution in [0.15, 0.2) is 60.3 Å². The molecule has 2 rings (SSSR count). The van der Waals surface area contributed by atoms with Crippen LogP contribution in [0, 0.1) is 0 Å². The van der Waals surface area contributed by atoms with E-state index in [0.29, 0.717) is 22.9 Å². The van der Waals surface area contributed by atoms with Crippen molar-refractivity contribution >= 4 is 50.3 Å². The van der Waals surface area contributed by atoms with Gasteiger partial charge in [-0.15, -0.1) is 6.58 Å². The Balaban J connectivity index is 2.27. The van der Waals surface area contributed by atoms with Crippen molar-refractivity contribution in [1.82, 2.24) is 15.0 Å². The third kappa shape index (κ3) is 4.92. The van der Waals surface area contributed by atoms with E-state index in [1.807, 2.05) is 0 Å². The number of pyridine rings is 1. The lowest BCUT2D eigenvalue weighted by molar-refractivity contribution is 0.592. The molecule has 0 saturated heterocycles. The van der Waals surface area contributed by atoms with Crippen LogP contribution >= 0.6 is 23.8 Å². The maximum atomic E-state index is 12.5. The number of thiocarbonyl (C=S) groups is 1. The van der Waals surface area contributed by atoms with Gasteiger partial charge in [-0.1, -0.05) is 23.7 Å². The number of nitrogens with one attached hydrogen (secondary N) is 3. The van der Waals surface area contributed by atoms with Crippen molar-refractivity contribution < 1.29 is 8.42 Å². The van der Waals surface area contributed by atoms with E-state index in [4.69, 9.17) is 23.8 Å². The molecule has 2 aromatic rings. The first-order valence-electron chi connectivity index (χ1n) is 6.80. The molecule has 3 N–H and O–H groups in total. The summed E-state index contributed by atoms with van der Waals surface area (Å²) < 4.78 is 27.3. The first-order valence-corrected chi connectivity index (χ1v) is 9.07. The first kappa shape index (κ1) is 18.2.